The van der Waals surface area contributed by atoms with Gasteiger partial charge in [0.05, 0.1) is 0 Å². The number of aliphatic carboxylic acids is 1. The zero-order chi connectivity index (χ0) is 15.6. The molecule has 0 aliphatic heterocycles. The van der Waals surface area contributed by atoms with Crippen molar-refractivity contribution in [2.45, 2.75) is 30.4 Å². The van der Waals surface area contributed by atoms with Gasteiger partial charge in [0.25, 0.3) is 10.1 Å². The van der Waals surface area contributed by atoms with E-state index in [4.69, 9.17) is 26.9 Å². The van der Waals surface area contributed by atoms with Gasteiger partial charge in [0, 0.05) is 6.54 Å². The quantitative estimate of drug-likeness (QED) is 0.114. The molecule has 0 bridgehead atoms. The van der Waals surface area contributed by atoms with Crippen molar-refractivity contribution in [3.8, 4) is 0 Å². The van der Waals surface area contributed by atoms with E-state index in [1.54, 1.807) is 0 Å². The summed E-state index contributed by atoms with van der Waals surface area (Å²) < 4.78 is 26.6. The lowest BCUT2D eigenvalue weighted by Gasteiger charge is -2.03. The topological polar surface area (TPSA) is 182 Å². The maximum atomic E-state index is 10.2. The van der Waals surface area contributed by atoms with Gasteiger partial charge in [-0.1, -0.05) is 0 Å². The SMILES string of the molecule is CC(S)S(=O)(=O)O.NC(N)=NCCC[C@H](N)C(=O)O. The van der Waals surface area contributed by atoms with Crippen LogP contribution < -0.4 is 17.2 Å². The molecule has 0 saturated heterocycles. The van der Waals surface area contributed by atoms with Crippen LogP contribution in [0.1, 0.15) is 19.8 Å². The van der Waals surface area contributed by atoms with Crippen LogP contribution in [-0.2, 0) is 14.9 Å². The van der Waals surface area contributed by atoms with E-state index in [0.717, 1.165) is 0 Å². The summed E-state index contributed by atoms with van der Waals surface area (Å²) in [6, 6.07) is -0.820. The third kappa shape index (κ3) is 14.9. The van der Waals surface area contributed by atoms with Crippen LogP contribution in [0.5, 0.6) is 0 Å². The van der Waals surface area contributed by atoms with E-state index >= 15 is 0 Å². The lowest BCUT2D eigenvalue weighted by atomic mass is 10.2. The van der Waals surface area contributed by atoms with Gasteiger partial charge in [-0.15, -0.1) is 0 Å². The molecule has 0 aromatic heterocycles. The smallest absolute Gasteiger partial charge is 0.320 e. The Labute approximate surface area is 117 Å². The minimum Gasteiger partial charge on any atom is -0.480 e. The van der Waals surface area contributed by atoms with Crippen LogP contribution in [0.2, 0.25) is 0 Å². The standard InChI is InChI=1S/C6H14N4O2.C2H6O3S2/c7-4(5(11)12)2-1-3-10-6(8)9;1-2(6)7(3,4)5/h4H,1-3,7H2,(H,11,12)(H4,8,9,10);2,6H,1H3,(H,3,4,5)/t4-;/m0./s1. The van der Waals surface area contributed by atoms with Gasteiger partial charge in [0.15, 0.2) is 5.96 Å². The Balaban J connectivity index is 0. The highest BCUT2D eigenvalue weighted by atomic mass is 32.3. The van der Waals surface area contributed by atoms with Crippen LogP contribution in [0, 0.1) is 0 Å². The van der Waals surface area contributed by atoms with Crippen LogP contribution in [0.25, 0.3) is 0 Å². The van der Waals surface area contributed by atoms with Gasteiger partial charge in [0.1, 0.15) is 10.6 Å². The molecule has 9 nitrogen and oxygen atoms in total. The number of guanidine groups is 1. The molecule has 0 heterocycles. The van der Waals surface area contributed by atoms with Crippen molar-refractivity contribution >= 4 is 34.7 Å². The minimum absolute atomic E-state index is 0.0129. The highest BCUT2D eigenvalue weighted by Crippen LogP contribution is 1.99. The zero-order valence-corrected chi connectivity index (χ0v) is 12.1. The van der Waals surface area contributed by atoms with Crippen molar-refractivity contribution < 1.29 is 22.9 Å². The van der Waals surface area contributed by atoms with Crippen molar-refractivity contribution in [3.63, 3.8) is 0 Å². The minimum atomic E-state index is -3.88. The molecule has 0 saturated carbocycles. The second-order valence-corrected chi connectivity index (χ2v) is 6.37. The third-order valence-corrected chi connectivity index (χ3v) is 3.38. The summed E-state index contributed by atoms with van der Waals surface area (Å²) in [6.07, 6.45) is 0.956. The first kappa shape index (κ1) is 20.3. The molecule has 19 heavy (non-hydrogen) atoms. The number of hydrogen-bond acceptors (Lipinski definition) is 6. The van der Waals surface area contributed by atoms with Crippen molar-refractivity contribution in [1.82, 2.24) is 0 Å². The molecule has 1 unspecified atom stereocenters. The van der Waals surface area contributed by atoms with Crippen LogP contribution in [0.3, 0.4) is 0 Å². The Hall–Kier alpha value is -1.04. The average Bonchev–Trinajstić information content (AvgIpc) is 2.23. The number of thiol groups is 1. The Morgan fingerprint density at radius 3 is 2.11 bits per heavy atom. The Bertz CT molecular complexity index is 392. The lowest BCUT2D eigenvalue weighted by molar-refractivity contribution is -0.138. The summed E-state index contributed by atoms with van der Waals surface area (Å²) in [5.74, 6) is -0.987. The van der Waals surface area contributed by atoms with Gasteiger partial charge >= 0.3 is 5.97 Å². The largest absolute Gasteiger partial charge is 0.480 e. The molecular formula is C8H20N4O5S2. The zero-order valence-electron chi connectivity index (χ0n) is 10.4. The fourth-order valence-corrected chi connectivity index (χ4v) is 0.643. The number of carboxylic acid groups (broad SMARTS) is 1. The monoisotopic (exact) mass is 316 g/mol. The van der Waals surface area contributed by atoms with Crippen LogP contribution in [0.4, 0.5) is 0 Å². The van der Waals surface area contributed by atoms with Crippen molar-refractivity contribution in [2.24, 2.45) is 22.2 Å². The van der Waals surface area contributed by atoms with Crippen molar-refractivity contribution in [3.05, 3.63) is 0 Å². The average molecular weight is 316 g/mol. The van der Waals surface area contributed by atoms with Crippen LogP contribution in [0.15, 0.2) is 4.99 Å². The highest BCUT2D eigenvalue weighted by molar-refractivity contribution is 8.01. The number of hydrogen-bond donors (Lipinski definition) is 6. The van der Waals surface area contributed by atoms with E-state index in [-0.39, 0.29) is 5.96 Å². The number of carbonyl (C=O) groups is 1. The fourth-order valence-electron chi connectivity index (χ4n) is 0.643. The van der Waals surface area contributed by atoms with Gasteiger partial charge < -0.3 is 22.3 Å². The van der Waals surface area contributed by atoms with Gasteiger partial charge in [-0.3, -0.25) is 14.3 Å². The maximum absolute atomic E-state index is 10.2. The Morgan fingerprint density at radius 1 is 1.42 bits per heavy atom. The predicted molar refractivity (Wildman–Crippen MR) is 75.5 cm³/mol. The molecule has 0 spiro atoms. The third-order valence-electron chi connectivity index (χ3n) is 1.72. The molecule has 0 amide bonds. The van der Waals surface area contributed by atoms with Crippen LogP contribution in [-0.4, -0.2) is 47.2 Å². The van der Waals surface area contributed by atoms with E-state index in [9.17, 15) is 13.2 Å². The number of aliphatic imine (C=N–C) groups is 1. The molecule has 0 aliphatic rings. The van der Waals surface area contributed by atoms with Crippen molar-refractivity contribution in [2.75, 3.05) is 6.54 Å². The van der Waals surface area contributed by atoms with Crippen LogP contribution >= 0.6 is 12.6 Å². The first-order chi connectivity index (χ1) is 8.48. The molecule has 0 aromatic rings. The molecule has 11 heteroatoms. The van der Waals surface area contributed by atoms with E-state index in [1.165, 1.54) is 6.92 Å². The number of nitrogens with zero attached hydrogens (tertiary/aromatic N) is 1. The molecule has 114 valence electrons. The predicted octanol–water partition coefficient (Wildman–Crippen LogP) is -1.40. The number of nitrogens with two attached hydrogens (primary N) is 3. The Morgan fingerprint density at radius 2 is 1.84 bits per heavy atom. The summed E-state index contributed by atoms with van der Waals surface area (Å²) >= 11 is 3.44. The second kappa shape index (κ2) is 9.83. The van der Waals surface area contributed by atoms with E-state index in [0.29, 0.717) is 19.4 Å². The molecule has 0 rings (SSSR count). The van der Waals surface area contributed by atoms with Gasteiger partial charge in [-0.25, -0.2) is 0 Å². The van der Waals surface area contributed by atoms with E-state index in [1.807, 2.05) is 0 Å². The lowest BCUT2D eigenvalue weighted by Crippen LogP contribution is -2.30. The van der Waals surface area contributed by atoms with E-state index < -0.39 is 26.7 Å². The molecule has 0 fully saturated rings. The Kier molecular flexibility index (Phi) is 10.5. The normalized spacial score (nSPS) is 13.7. The molecular weight excluding hydrogens is 296 g/mol. The summed E-state index contributed by atoms with van der Waals surface area (Å²) in [7, 11) is -3.88. The first-order valence-electron chi connectivity index (χ1n) is 5.16. The molecule has 0 radical (unpaired) electrons. The first-order valence-corrected chi connectivity index (χ1v) is 7.18. The molecule has 2 atom stereocenters. The summed E-state index contributed by atoms with van der Waals surface area (Å²) in [6.45, 7) is 1.70. The van der Waals surface area contributed by atoms with Gasteiger partial charge in [-0.05, 0) is 19.8 Å². The highest BCUT2D eigenvalue weighted by Gasteiger charge is 2.10. The maximum Gasteiger partial charge on any atom is 0.320 e. The molecule has 0 aromatic carbocycles. The van der Waals surface area contributed by atoms with Gasteiger partial charge in [0.2, 0.25) is 0 Å². The van der Waals surface area contributed by atoms with Gasteiger partial charge in [-0.2, -0.15) is 21.0 Å². The second-order valence-electron chi connectivity index (χ2n) is 3.51. The summed E-state index contributed by atoms with van der Waals surface area (Å²) in [5, 5.41) is 8.38. The fraction of sp³-hybridized carbons (Fsp3) is 0.750. The molecule has 0 aliphatic carbocycles. The molecule has 8 N–H and O–H groups in total. The number of carboxylic acids is 1. The van der Waals surface area contributed by atoms with Crippen molar-refractivity contribution in [1.29, 1.82) is 0 Å². The number of rotatable bonds is 6. The summed E-state index contributed by atoms with van der Waals surface area (Å²) in [4.78, 5) is 13.9. The van der Waals surface area contributed by atoms with E-state index in [2.05, 4.69) is 17.6 Å². The summed E-state index contributed by atoms with van der Waals surface area (Å²) in [5.41, 5.74) is 15.3.